The van der Waals surface area contributed by atoms with Crippen LogP contribution in [-0.4, -0.2) is 13.1 Å². The van der Waals surface area contributed by atoms with E-state index in [1.807, 2.05) is 0 Å². The molecule has 2 saturated carbocycles. The van der Waals surface area contributed by atoms with E-state index >= 15 is 0 Å². The monoisotopic (exact) mass is 181 g/mol. The van der Waals surface area contributed by atoms with Crippen molar-refractivity contribution in [2.45, 2.75) is 40.0 Å². The highest BCUT2D eigenvalue weighted by atomic mass is 14.9. The molecule has 0 aromatic rings. The van der Waals surface area contributed by atoms with Crippen molar-refractivity contribution in [2.75, 3.05) is 13.1 Å². The molecule has 0 saturated heterocycles. The van der Waals surface area contributed by atoms with Crippen molar-refractivity contribution in [2.24, 2.45) is 23.2 Å². The largest absolute Gasteiger partial charge is 0.316 e. The smallest absolute Gasteiger partial charge is 0.00149 e. The predicted octanol–water partition coefficient (Wildman–Crippen LogP) is 2.67. The van der Waals surface area contributed by atoms with E-state index in [0.717, 1.165) is 23.2 Å². The summed E-state index contributed by atoms with van der Waals surface area (Å²) in [5.41, 5.74) is 0.837. The Kier molecular flexibility index (Phi) is 2.39. The maximum atomic E-state index is 3.58. The normalized spacial score (nSPS) is 42.5. The molecule has 2 fully saturated rings. The first kappa shape index (κ1) is 9.51. The van der Waals surface area contributed by atoms with Crippen molar-refractivity contribution in [3.63, 3.8) is 0 Å². The highest BCUT2D eigenvalue weighted by molar-refractivity contribution is 5.09. The fraction of sp³-hybridized carbons (Fsp3) is 1.00. The molecule has 1 nitrogen and oxygen atoms in total. The molecule has 0 amide bonds. The second-order valence-electron chi connectivity index (χ2n) is 5.83. The number of hydrogen-bond donors (Lipinski definition) is 1. The third-order valence-corrected chi connectivity index (χ3v) is 3.81. The molecule has 76 valence electrons. The summed E-state index contributed by atoms with van der Waals surface area (Å²) in [7, 11) is 0. The van der Waals surface area contributed by atoms with Gasteiger partial charge in [-0.3, -0.25) is 0 Å². The molecule has 1 atom stereocenters. The van der Waals surface area contributed by atoms with Crippen LogP contribution in [-0.2, 0) is 0 Å². The van der Waals surface area contributed by atoms with Gasteiger partial charge < -0.3 is 5.32 Å². The second kappa shape index (κ2) is 3.27. The SMILES string of the molecule is CC(C)CNCC1CC12CC(C)C2. The fourth-order valence-corrected chi connectivity index (χ4v) is 3.09. The van der Waals surface area contributed by atoms with Crippen LogP contribution in [0.3, 0.4) is 0 Å². The summed E-state index contributed by atoms with van der Waals surface area (Å²) >= 11 is 0. The predicted molar refractivity (Wildman–Crippen MR) is 56.6 cm³/mol. The Morgan fingerprint density at radius 2 is 2.00 bits per heavy atom. The Morgan fingerprint density at radius 1 is 1.31 bits per heavy atom. The summed E-state index contributed by atoms with van der Waals surface area (Å²) in [5.74, 6) is 2.85. The molecule has 2 rings (SSSR count). The van der Waals surface area contributed by atoms with Crippen LogP contribution in [0.2, 0.25) is 0 Å². The van der Waals surface area contributed by atoms with Gasteiger partial charge >= 0.3 is 0 Å². The van der Waals surface area contributed by atoms with Crippen LogP contribution in [0.15, 0.2) is 0 Å². The fourth-order valence-electron chi connectivity index (χ4n) is 3.09. The van der Waals surface area contributed by atoms with E-state index in [1.54, 1.807) is 0 Å². The van der Waals surface area contributed by atoms with Gasteiger partial charge in [-0.15, -0.1) is 0 Å². The summed E-state index contributed by atoms with van der Waals surface area (Å²) in [5, 5.41) is 3.58. The van der Waals surface area contributed by atoms with Gasteiger partial charge in [-0.05, 0) is 55.5 Å². The van der Waals surface area contributed by atoms with Gasteiger partial charge in [-0.1, -0.05) is 20.8 Å². The highest BCUT2D eigenvalue weighted by Gasteiger charge is 2.59. The second-order valence-corrected chi connectivity index (χ2v) is 5.83. The van der Waals surface area contributed by atoms with E-state index in [4.69, 9.17) is 0 Å². The minimum Gasteiger partial charge on any atom is -0.316 e. The standard InChI is InChI=1S/C12H23N/c1-9(2)7-13-8-11-6-12(11)4-10(3)5-12/h9-11,13H,4-8H2,1-3H3. The van der Waals surface area contributed by atoms with Gasteiger partial charge in [0.2, 0.25) is 0 Å². The van der Waals surface area contributed by atoms with Crippen LogP contribution in [0.5, 0.6) is 0 Å². The summed E-state index contributed by atoms with van der Waals surface area (Å²) in [6, 6.07) is 0. The Labute approximate surface area is 82.3 Å². The van der Waals surface area contributed by atoms with Gasteiger partial charge in [-0.2, -0.15) is 0 Å². The number of rotatable bonds is 4. The van der Waals surface area contributed by atoms with Gasteiger partial charge in [0, 0.05) is 0 Å². The number of hydrogen-bond acceptors (Lipinski definition) is 1. The van der Waals surface area contributed by atoms with Crippen LogP contribution < -0.4 is 5.32 Å². The molecule has 0 aromatic heterocycles. The third kappa shape index (κ3) is 1.90. The summed E-state index contributed by atoms with van der Waals surface area (Å²) in [6.07, 6.45) is 4.55. The van der Waals surface area contributed by atoms with Crippen LogP contribution in [0.1, 0.15) is 40.0 Å². The van der Waals surface area contributed by atoms with Crippen molar-refractivity contribution >= 4 is 0 Å². The van der Waals surface area contributed by atoms with Crippen molar-refractivity contribution in [3.8, 4) is 0 Å². The van der Waals surface area contributed by atoms with Gasteiger partial charge in [0.15, 0.2) is 0 Å². The molecule has 0 bridgehead atoms. The molecule has 0 heterocycles. The minimum absolute atomic E-state index is 0.801. The van der Waals surface area contributed by atoms with Crippen LogP contribution in [0.4, 0.5) is 0 Å². The zero-order valence-electron chi connectivity index (χ0n) is 9.27. The van der Waals surface area contributed by atoms with Crippen molar-refractivity contribution < 1.29 is 0 Å². The summed E-state index contributed by atoms with van der Waals surface area (Å²) in [6.45, 7) is 9.43. The lowest BCUT2D eigenvalue weighted by molar-refractivity contribution is 0.164. The van der Waals surface area contributed by atoms with E-state index < -0.39 is 0 Å². The van der Waals surface area contributed by atoms with Crippen LogP contribution in [0.25, 0.3) is 0 Å². The summed E-state index contributed by atoms with van der Waals surface area (Å²) in [4.78, 5) is 0. The lowest BCUT2D eigenvalue weighted by Gasteiger charge is -2.34. The van der Waals surface area contributed by atoms with Gasteiger partial charge in [0.1, 0.15) is 0 Å². The molecule has 13 heavy (non-hydrogen) atoms. The topological polar surface area (TPSA) is 12.0 Å². The van der Waals surface area contributed by atoms with Gasteiger partial charge in [-0.25, -0.2) is 0 Å². The zero-order chi connectivity index (χ0) is 9.47. The molecule has 1 N–H and O–H groups in total. The maximum absolute atomic E-state index is 3.58. The van der Waals surface area contributed by atoms with E-state index in [2.05, 4.69) is 26.1 Å². The zero-order valence-corrected chi connectivity index (χ0v) is 9.27. The highest BCUT2D eigenvalue weighted by Crippen LogP contribution is 2.67. The van der Waals surface area contributed by atoms with Crippen molar-refractivity contribution in [1.29, 1.82) is 0 Å². The molecule has 1 heteroatoms. The molecule has 1 unspecified atom stereocenters. The Balaban J connectivity index is 1.59. The Morgan fingerprint density at radius 3 is 2.54 bits per heavy atom. The van der Waals surface area contributed by atoms with Crippen molar-refractivity contribution in [1.82, 2.24) is 5.32 Å². The summed E-state index contributed by atoms with van der Waals surface area (Å²) < 4.78 is 0. The first-order valence-electron chi connectivity index (χ1n) is 5.83. The van der Waals surface area contributed by atoms with E-state index in [1.165, 1.54) is 32.4 Å². The first-order chi connectivity index (χ1) is 6.12. The molecule has 0 aromatic carbocycles. The van der Waals surface area contributed by atoms with Gasteiger partial charge in [0.05, 0.1) is 0 Å². The quantitative estimate of drug-likeness (QED) is 0.703. The van der Waals surface area contributed by atoms with Crippen LogP contribution in [0, 0.1) is 23.2 Å². The lowest BCUT2D eigenvalue weighted by atomic mass is 9.71. The van der Waals surface area contributed by atoms with Crippen LogP contribution >= 0.6 is 0 Å². The third-order valence-electron chi connectivity index (χ3n) is 3.81. The van der Waals surface area contributed by atoms with E-state index in [9.17, 15) is 0 Å². The minimum atomic E-state index is 0.801. The average Bonchev–Trinajstić information content (AvgIpc) is 2.62. The molecule has 2 aliphatic rings. The molecule has 0 radical (unpaired) electrons. The molecule has 0 aliphatic heterocycles. The maximum Gasteiger partial charge on any atom is -0.00149 e. The number of nitrogens with one attached hydrogen (secondary N) is 1. The molecule has 2 aliphatic carbocycles. The van der Waals surface area contributed by atoms with E-state index in [-0.39, 0.29) is 0 Å². The average molecular weight is 181 g/mol. The first-order valence-corrected chi connectivity index (χ1v) is 5.83. The molecular weight excluding hydrogens is 158 g/mol. The van der Waals surface area contributed by atoms with E-state index in [0.29, 0.717) is 0 Å². The van der Waals surface area contributed by atoms with Crippen molar-refractivity contribution in [3.05, 3.63) is 0 Å². The Bertz CT molecular complexity index is 180. The molecular formula is C12H23N. The Hall–Kier alpha value is -0.0400. The van der Waals surface area contributed by atoms with Gasteiger partial charge in [0.25, 0.3) is 0 Å². The molecule has 1 spiro atoms. The lowest BCUT2D eigenvalue weighted by Crippen LogP contribution is -2.29.